The average molecular weight is 346 g/mol. The van der Waals surface area contributed by atoms with Gasteiger partial charge in [0.1, 0.15) is 5.58 Å². The Balaban J connectivity index is 2.15. The van der Waals surface area contributed by atoms with E-state index in [1.807, 2.05) is 6.92 Å². The van der Waals surface area contributed by atoms with E-state index in [1.165, 1.54) is 6.07 Å². The van der Waals surface area contributed by atoms with Gasteiger partial charge in [0.05, 0.1) is 28.6 Å². The molecule has 1 aromatic carbocycles. The number of aryl methyl sites for hydroxylation is 1. The van der Waals surface area contributed by atoms with Crippen molar-refractivity contribution in [2.24, 2.45) is 0 Å². The molecule has 124 valence electrons. The number of fused-ring (bicyclic) bond motifs is 2. The van der Waals surface area contributed by atoms with Gasteiger partial charge in [-0.25, -0.2) is 9.78 Å². The van der Waals surface area contributed by atoms with Crippen molar-refractivity contribution in [2.45, 2.75) is 26.7 Å². The van der Waals surface area contributed by atoms with E-state index in [-0.39, 0.29) is 22.1 Å². The van der Waals surface area contributed by atoms with Crippen LogP contribution in [0.15, 0.2) is 33.5 Å². The number of benzene rings is 1. The molecule has 0 aliphatic rings. The summed E-state index contributed by atoms with van der Waals surface area (Å²) < 4.78 is 10.9. The van der Waals surface area contributed by atoms with Gasteiger partial charge in [0.2, 0.25) is 11.1 Å². The second-order valence-corrected chi connectivity index (χ2v) is 5.97. The quantitative estimate of drug-likeness (QED) is 0.401. The van der Waals surface area contributed by atoms with E-state index in [2.05, 4.69) is 4.98 Å². The maximum Gasteiger partial charge on any atom is 0.340 e. The summed E-state index contributed by atoms with van der Waals surface area (Å²) in [7, 11) is 0. The fraction of sp³-hybridized carbons (Fsp3) is 0.278. The maximum atomic E-state index is 12.7. The SMILES string of the molecule is CCCCOC(=O)c1cc2c(=O)c3cc(Cl)ccc3oc2nc1C. The molecule has 2 aromatic heterocycles. The number of halogens is 1. The van der Waals surface area contributed by atoms with Crippen LogP contribution < -0.4 is 5.43 Å². The van der Waals surface area contributed by atoms with Crippen LogP contribution in [0, 0.1) is 6.92 Å². The van der Waals surface area contributed by atoms with Gasteiger partial charge in [0.15, 0.2) is 0 Å². The monoisotopic (exact) mass is 345 g/mol. The number of rotatable bonds is 4. The van der Waals surface area contributed by atoms with Crippen molar-refractivity contribution in [3.05, 3.63) is 50.8 Å². The van der Waals surface area contributed by atoms with E-state index in [1.54, 1.807) is 25.1 Å². The summed E-state index contributed by atoms with van der Waals surface area (Å²) in [5, 5.41) is 1.03. The van der Waals surface area contributed by atoms with Crippen LogP contribution in [0.1, 0.15) is 35.8 Å². The first-order valence-electron chi connectivity index (χ1n) is 7.72. The van der Waals surface area contributed by atoms with Crippen LogP contribution in [0.3, 0.4) is 0 Å². The normalized spacial score (nSPS) is 11.1. The predicted molar refractivity (Wildman–Crippen MR) is 92.7 cm³/mol. The highest BCUT2D eigenvalue weighted by atomic mass is 35.5. The summed E-state index contributed by atoms with van der Waals surface area (Å²) >= 11 is 5.95. The Bertz CT molecular complexity index is 994. The number of hydrogen-bond donors (Lipinski definition) is 0. The van der Waals surface area contributed by atoms with E-state index in [9.17, 15) is 9.59 Å². The molecule has 3 rings (SSSR count). The second kappa shape index (κ2) is 6.61. The maximum absolute atomic E-state index is 12.7. The Hall–Kier alpha value is -2.40. The smallest absolute Gasteiger partial charge is 0.340 e. The molecule has 0 aliphatic carbocycles. The summed E-state index contributed by atoms with van der Waals surface area (Å²) in [6.07, 6.45) is 1.72. The number of hydrogen-bond acceptors (Lipinski definition) is 5. The predicted octanol–water partition coefficient (Wildman–Crippen LogP) is 4.26. The van der Waals surface area contributed by atoms with Crippen molar-refractivity contribution in [2.75, 3.05) is 6.61 Å². The first-order valence-corrected chi connectivity index (χ1v) is 8.10. The Labute approximate surface area is 143 Å². The van der Waals surface area contributed by atoms with Crippen LogP contribution in [0.5, 0.6) is 0 Å². The third kappa shape index (κ3) is 2.99. The van der Waals surface area contributed by atoms with Crippen LogP contribution in [0.4, 0.5) is 0 Å². The van der Waals surface area contributed by atoms with Gasteiger partial charge in [0.25, 0.3) is 0 Å². The highest BCUT2D eigenvalue weighted by Gasteiger charge is 2.17. The highest BCUT2D eigenvalue weighted by molar-refractivity contribution is 6.31. The Morgan fingerprint density at radius 1 is 1.29 bits per heavy atom. The standard InChI is InChI=1S/C18H16ClNO4/c1-3-4-7-23-18(22)12-9-14-16(21)13-8-11(19)5-6-15(13)24-17(14)20-10(12)2/h5-6,8-9H,3-4,7H2,1-2H3. The van der Waals surface area contributed by atoms with Gasteiger partial charge in [-0.05, 0) is 37.6 Å². The molecule has 0 radical (unpaired) electrons. The average Bonchev–Trinajstić information content (AvgIpc) is 2.55. The molecule has 2 heterocycles. The number of ether oxygens (including phenoxy) is 1. The summed E-state index contributed by atoms with van der Waals surface area (Å²) in [5.41, 5.74) is 1.05. The minimum atomic E-state index is -0.485. The zero-order chi connectivity index (χ0) is 17.3. The van der Waals surface area contributed by atoms with Crippen molar-refractivity contribution in [1.82, 2.24) is 4.98 Å². The summed E-state index contributed by atoms with van der Waals surface area (Å²) in [6, 6.07) is 6.30. The number of carbonyl (C=O) groups excluding carboxylic acids is 1. The van der Waals surface area contributed by atoms with Crippen molar-refractivity contribution in [3.8, 4) is 0 Å². The fourth-order valence-electron chi connectivity index (χ4n) is 2.44. The van der Waals surface area contributed by atoms with Crippen molar-refractivity contribution >= 4 is 39.6 Å². The zero-order valence-electron chi connectivity index (χ0n) is 13.4. The minimum Gasteiger partial charge on any atom is -0.462 e. The third-order valence-corrected chi connectivity index (χ3v) is 4.00. The Morgan fingerprint density at radius 3 is 2.83 bits per heavy atom. The second-order valence-electron chi connectivity index (χ2n) is 5.54. The molecular formula is C18H16ClNO4. The summed E-state index contributed by atoms with van der Waals surface area (Å²) in [5.74, 6) is -0.485. The van der Waals surface area contributed by atoms with Crippen molar-refractivity contribution in [3.63, 3.8) is 0 Å². The van der Waals surface area contributed by atoms with Crippen LogP contribution in [-0.2, 0) is 4.74 Å². The van der Waals surface area contributed by atoms with Gasteiger partial charge >= 0.3 is 5.97 Å². The molecule has 0 fully saturated rings. The van der Waals surface area contributed by atoms with Gasteiger partial charge in [0, 0.05) is 5.02 Å². The van der Waals surface area contributed by atoms with Crippen LogP contribution in [0.2, 0.25) is 5.02 Å². The van der Waals surface area contributed by atoms with Gasteiger partial charge in [-0.2, -0.15) is 0 Å². The lowest BCUT2D eigenvalue weighted by Gasteiger charge is -2.08. The zero-order valence-corrected chi connectivity index (χ0v) is 14.1. The molecule has 0 bridgehead atoms. The van der Waals surface area contributed by atoms with Gasteiger partial charge < -0.3 is 9.15 Å². The van der Waals surface area contributed by atoms with E-state index >= 15 is 0 Å². The number of unbranched alkanes of at least 4 members (excludes halogenated alkanes) is 1. The molecule has 0 aliphatic heterocycles. The van der Waals surface area contributed by atoms with Crippen LogP contribution >= 0.6 is 11.6 Å². The first-order chi connectivity index (χ1) is 11.5. The number of esters is 1. The molecule has 0 amide bonds. The lowest BCUT2D eigenvalue weighted by molar-refractivity contribution is 0.0498. The Morgan fingerprint density at radius 2 is 2.08 bits per heavy atom. The molecule has 0 N–H and O–H groups in total. The molecule has 6 heteroatoms. The van der Waals surface area contributed by atoms with E-state index in [0.717, 1.165) is 12.8 Å². The van der Waals surface area contributed by atoms with Gasteiger partial charge in [-0.15, -0.1) is 0 Å². The molecule has 0 atom stereocenters. The van der Waals surface area contributed by atoms with E-state index in [0.29, 0.717) is 28.3 Å². The van der Waals surface area contributed by atoms with E-state index in [4.69, 9.17) is 20.8 Å². The number of aromatic nitrogens is 1. The number of carbonyl (C=O) groups is 1. The molecule has 0 unspecified atom stereocenters. The highest BCUT2D eigenvalue weighted by Crippen LogP contribution is 2.22. The molecule has 0 spiro atoms. The van der Waals surface area contributed by atoms with Crippen molar-refractivity contribution < 1.29 is 13.9 Å². The van der Waals surface area contributed by atoms with E-state index < -0.39 is 5.97 Å². The molecular weight excluding hydrogens is 330 g/mol. The summed E-state index contributed by atoms with van der Waals surface area (Å²) in [6.45, 7) is 4.04. The van der Waals surface area contributed by atoms with Gasteiger partial charge in [-0.3, -0.25) is 4.79 Å². The molecule has 5 nitrogen and oxygen atoms in total. The lowest BCUT2D eigenvalue weighted by Crippen LogP contribution is -2.12. The van der Waals surface area contributed by atoms with Crippen LogP contribution in [-0.4, -0.2) is 17.6 Å². The molecule has 24 heavy (non-hydrogen) atoms. The summed E-state index contributed by atoms with van der Waals surface area (Å²) in [4.78, 5) is 29.1. The van der Waals surface area contributed by atoms with Crippen molar-refractivity contribution in [1.29, 1.82) is 0 Å². The molecule has 0 saturated heterocycles. The third-order valence-electron chi connectivity index (χ3n) is 3.77. The molecule has 3 aromatic rings. The largest absolute Gasteiger partial charge is 0.462 e. The van der Waals surface area contributed by atoms with Gasteiger partial charge in [-0.1, -0.05) is 24.9 Å². The molecule has 0 saturated carbocycles. The first kappa shape index (κ1) is 16.5. The Kier molecular flexibility index (Phi) is 4.53. The lowest BCUT2D eigenvalue weighted by atomic mass is 10.1. The fourth-order valence-corrected chi connectivity index (χ4v) is 2.61. The minimum absolute atomic E-state index is 0.192. The number of nitrogens with zero attached hydrogens (tertiary/aromatic N) is 1. The topological polar surface area (TPSA) is 69.4 Å². The number of pyridine rings is 1. The van der Waals surface area contributed by atoms with Crippen LogP contribution in [0.25, 0.3) is 22.1 Å².